The minimum Gasteiger partial charge on any atom is -0.497 e. The summed E-state index contributed by atoms with van der Waals surface area (Å²) in [6.45, 7) is 3.82. The maximum atomic E-state index is 12.9. The first-order valence-electron chi connectivity index (χ1n) is 9.56. The lowest BCUT2D eigenvalue weighted by Gasteiger charge is -2.28. The summed E-state index contributed by atoms with van der Waals surface area (Å²) in [6.07, 6.45) is 0.654. The van der Waals surface area contributed by atoms with Crippen molar-refractivity contribution in [2.75, 3.05) is 13.7 Å². The number of para-hydroxylation sites is 1. The summed E-state index contributed by atoms with van der Waals surface area (Å²) in [5.74, 6) is 1.78. The van der Waals surface area contributed by atoms with Crippen LogP contribution in [0, 0.1) is 6.92 Å². The maximum Gasteiger partial charge on any atom is 0.262 e. The highest BCUT2D eigenvalue weighted by Gasteiger charge is 2.26. The van der Waals surface area contributed by atoms with Crippen molar-refractivity contribution in [2.24, 2.45) is 0 Å². The molecule has 1 aromatic heterocycles. The molecule has 1 aliphatic rings. The summed E-state index contributed by atoms with van der Waals surface area (Å²) in [5, 5.41) is 3.51. The SMILES string of the molecule is COc1ccc2c(c1)OCC(NC(=O)C(C)n1c(C)nc3ccccc3c1=O)C2. The van der Waals surface area contributed by atoms with Crippen molar-refractivity contribution in [1.82, 2.24) is 14.9 Å². The van der Waals surface area contributed by atoms with E-state index in [4.69, 9.17) is 9.47 Å². The third-order valence-corrected chi connectivity index (χ3v) is 5.28. The van der Waals surface area contributed by atoms with E-state index in [1.165, 1.54) is 4.57 Å². The number of aryl methyl sites for hydroxylation is 1. The Morgan fingerprint density at radius 2 is 2.10 bits per heavy atom. The number of nitrogens with zero attached hydrogens (tertiary/aromatic N) is 2. The maximum absolute atomic E-state index is 12.9. The first-order valence-corrected chi connectivity index (χ1v) is 9.56. The van der Waals surface area contributed by atoms with Gasteiger partial charge in [0.15, 0.2) is 0 Å². The van der Waals surface area contributed by atoms with Crippen LogP contribution in [0.5, 0.6) is 11.5 Å². The predicted molar refractivity (Wildman–Crippen MR) is 110 cm³/mol. The van der Waals surface area contributed by atoms with E-state index in [1.54, 1.807) is 39.2 Å². The van der Waals surface area contributed by atoms with E-state index in [0.717, 1.165) is 17.1 Å². The molecule has 7 heteroatoms. The Bertz CT molecular complexity index is 1140. The molecular formula is C22H23N3O4. The molecule has 2 aromatic carbocycles. The van der Waals surface area contributed by atoms with Crippen molar-refractivity contribution in [1.29, 1.82) is 0 Å². The summed E-state index contributed by atoms with van der Waals surface area (Å²) < 4.78 is 12.5. The number of amides is 1. The summed E-state index contributed by atoms with van der Waals surface area (Å²) in [4.78, 5) is 30.3. The number of ether oxygens (including phenoxy) is 2. The van der Waals surface area contributed by atoms with E-state index < -0.39 is 6.04 Å². The van der Waals surface area contributed by atoms with Gasteiger partial charge in [0.25, 0.3) is 5.56 Å². The van der Waals surface area contributed by atoms with Crippen molar-refractivity contribution in [3.05, 3.63) is 64.2 Å². The van der Waals surface area contributed by atoms with Gasteiger partial charge in [0.1, 0.15) is 30.0 Å². The molecule has 4 rings (SSSR count). The van der Waals surface area contributed by atoms with E-state index in [9.17, 15) is 9.59 Å². The van der Waals surface area contributed by atoms with Crippen molar-refractivity contribution in [2.45, 2.75) is 32.4 Å². The third kappa shape index (κ3) is 3.55. The number of aromatic nitrogens is 2. The normalized spacial score (nSPS) is 16.6. The molecule has 7 nitrogen and oxygen atoms in total. The molecule has 1 N–H and O–H groups in total. The standard InChI is InChI=1S/C22H23N3O4/c1-13(25-14(2)23-19-7-5-4-6-18(19)22(25)27)21(26)24-16-10-15-8-9-17(28-3)11-20(15)29-12-16/h4-9,11,13,16H,10,12H2,1-3H3,(H,24,26). The van der Waals surface area contributed by atoms with Crippen LogP contribution >= 0.6 is 0 Å². The highest BCUT2D eigenvalue weighted by Crippen LogP contribution is 2.29. The molecule has 0 saturated heterocycles. The number of nitrogens with one attached hydrogen (secondary N) is 1. The first-order chi connectivity index (χ1) is 14.0. The zero-order valence-corrected chi connectivity index (χ0v) is 16.6. The van der Waals surface area contributed by atoms with Gasteiger partial charge in [0.2, 0.25) is 5.91 Å². The summed E-state index contributed by atoms with van der Waals surface area (Å²) in [5.41, 5.74) is 1.43. The van der Waals surface area contributed by atoms with Gasteiger partial charge in [-0.25, -0.2) is 4.98 Å². The smallest absolute Gasteiger partial charge is 0.262 e. The molecule has 0 fully saturated rings. The average Bonchev–Trinajstić information content (AvgIpc) is 2.73. The van der Waals surface area contributed by atoms with Gasteiger partial charge >= 0.3 is 0 Å². The van der Waals surface area contributed by atoms with Crippen molar-refractivity contribution >= 4 is 16.8 Å². The Labute approximate surface area is 168 Å². The van der Waals surface area contributed by atoms with Gasteiger partial charge in [0.05, 0.1) is 24.1 Å². The van der Waals surface area contributed by atoms with Gasteiger partial charge in [-0.15, -0.1) is 0 Å². The molecule has 1 amide bonds. The fourth-order valence-corrected chi connectivity index (χ4v) is 3.72. The number of benzene rings is 2. The molecule has 29 heavy (non-hydrogen) atoms. The van der Waals surface area contributed by atoms with Crippen LogP contribution in [0.4, 0.5) is 0 Å². The Morgan fingerprint density at radius 1 is 1.31 bits per heavy atom. The third-order valence-electron chi connectivity index (χ3n) is 5.28. The quantitative estimate of drug-likeness (QED) is 0.736. The number of methoxy groups -OCH3 is 1. The molecule has 2 unspecified atom stereocenters. The van der Waals surface area contributed by atoms with Gasteiger partial charge in [-0.3, -0.25) is 14.2 Å². The van der Waals surface area contributed by atoms with E-state index >= 15 is 0 Å². The lowest BCUT2D eigenvalue weighted by Crippen LogP contribution is -2.46. The van der Waals surface area contributed by atoms with Crippen LogP contribution in [0.3, 0.4) is 0 Å². The highest BCUT2D eigenvalue weighted by atomic mass is 16.5. The molecule has 1 aliphatic heterocycles. The van der Waals surface area contributed by atoms with Gasteiger partial charge in [-0.2, -0.15) is 0 Å². The molecule has 0 bridgehead atoms. The van der Waals surface area contributed by atoms with E-state index in [1.807, 2.05) is 24.3 Å². The number of rotatable bonds is 4. The number of hydrogen-bond acceptors (Lipinski definition) is 5. The number of carbonyl (C=O) groups is 1. The molecule has 2 heterocycles. The largest absolute Gasteiger partial charge is 0.497 e. The van der Waals surface area contributed by atoms with Crippen LogP contribution < -0.4 is 20.3 Å². The van der Waals surface area contributed by atoms with Crippen LogP contribution in [0.25, 0.3) is 10.9 Å². The number of carbonyl (C=O) groups excluding carboxylic acids is 1. The van der Waals surface area contributed by atoms with E-state index in [0.29, 0.717) is 29.8 Å². The second-order valence-corrected chi connectivity index (χ2v) is 7.22. The van der Waals surface area contributed by atoms with Gasteiger partial charge in [-0.1, -0.05) is 18.2 Å². The highest BCUT2D eigenvalue weighted by molar-refractivity contribution is 5.82. The fourth-order valence-electron chi connectivity index (χ4n) is 3.72. The molecule has 0 radical (unpaired) electrons. The predicted octanol–water partition coefficient (Wildman–Crippen LogP) is 2.39. The molecule has 0 aliphatic carbocycles. The zero-order valence-electron chi connectivity index (χ0n) is 16.6. The van der Waals surface area contributed by atoms with E-state index in [2.05, 4.69) is 10.3 Å². The summed E-state index contributed by atoms with van der Waals surface area (Å²) >= 11 is 0. The zero-order chi connectivity index (χ0) is 20.5. The van der Waals surface area contributed by atoms with Crippen molar-refractivity contribution in [3.63, 3.8) is 0 Å². The van der Waals surface area contributed by atoms with Crippen LogP contribution in [-0.4, -0.2) is 35.2 Å². The average molecular weight is 393 g/mol. The lowest BCUT2D eigenvalue weighted by atomic mass is 10.0. The van der Waals surface area contributed by atoms with Crippen molar-refractivity contribution in [3.8, 4) is 11.5 Å². The Kier molecular flexibility index (Phi) is 4.96. The van der Waals surface area contributed by atoms with E-state index in [-0.39, 0.29) is 17.5 Å². The first kappa shape index (κ1) is 19.0. The fraction of sp³-hybridized carbons (Fsp3) is 0.318. The molecule has 3 aromatic rings. The van der Waals surface area contributed by atoms with Crippen LogP contribution in [0.15, 0.2) is 47.3 Å². The van der Waals surface area contributed by atoms with Crippen LogP contribution in [0.2, 0.25) is 0 Å². The van der Waals surface area contributed by atoms with Gasteiger partial charge in [0, 0.05) is 6.07 Å². The van der Waals surface area contributed by atoms with Gasteiger partial charge in [-0.05, 0) is 44.0 Å². The van der Waals surface area contributed by atoms with Crippen LogP contribution in [0.1, 0.15) is 24.4 Å². The number of fused-ring (bicyclic) bond motifs is 2. The monoisotopic (exact) mass is 393 g/mol. The summed E-state index contributed by atoms with van der Waals surface area (Å²) in [6, 6.07) is 12.0. The topological polar surface area (TPSA) is 82.4 Å². The number of hydrogen-bond donors (Lipinski definition) is 1. The second kappa shape index (κ2) is 7.58. The Balaban J connectivity index is 1.53. The van der Waals surface area contributed by atoms with Crippen LogP contribution in [-0.2, 0) is 11.2 Å². The molecule has 0 saturated carbocycles. The molecule has 0 spiro atoms. The minimum absolute atomic E-state index is 0.171. The van der Waals surface area contributed by atoms with Crippen molar-refractivity contribution < 1.29 is 14.3 Å². The second-order valence-electron chi connectivity index (χ2n) is 7.22. The minimum atomic E-state index is -0.683. The lowest BCUT2D eigenvalue weighted by molar-refractivity contribution is -0.125. The summed E-state index contributed by atoms with van der Waals surface area (Å²) in [7, 11) is 1.61. The molecular weight excluding hydrogens is 370 g/mol. The Hall–Kier alpha value is -3.35. The molecule has 2 atom stereocenters. The molecule has 150 valence electrons. The van der Waals surface area contributed by atoms with Gasteiger partial charge < -0.3 is 14.8 Å². The Morgan fingerprint density at radius 3 is 2.90 bits per heavy atom.